The van der Waals surface area contributed by atoms with Crippen molar-refractivity contribution in [3.8, 4) is 5.75 Å². The lowest BCUT2D eigenvalue weighted by molar-refractivity contribution is 0.304. The van der Waals surface area contributed by atoms with Crippen LogP contribution in [0.15, 0.2) is 54.6 Å². The van der Waals surface area contributed by atoms with Crippen molar-refractivity contribution in [1.82, 2.24) is 0 Å². The number of ether oxygens (including phenoxy) is 1. The van der Waals surface area contributed by atoms with Crippen LogP contribution < -0.4 is 10.1 Å². The van der Waals surface area contributed by atoms with Gasteiger partial charge in [-0.05, 0) is 30.5 Å². The third kappa shape index (κ3) is 7.23. The van der Waals surface area contributed by atoms with Crippen LogP contribution in [0.3, 0.4) is 0 Å². The lowest BCUT2D eigenvalue weighted by Gasteiger charge is -2.10. The summed E-state index contributed by atoms with van der Waals surface area (Å²) in [5.74, 6) is 0.963. The second-order valence-corrected chi connectivity index (χ2v) is 5.95. The summed E-state index contributed by atoms with van der Waals surface area (Å²) in [6.45, 7) is 3.99. The zero-order valence-electron chi connectivity index (χ0n) is 14.3. The summed E-state index contributed by atoms with van der Waals surface area (Å²) in [5, 5.41) is 3.47. The van der Waals surface area contributed by atoms with Crippen molar-refractivity contribution in [1.29, 1.82) is 0 Å². The number of unbranched alkanes of at least 4 members (excludes halogenated alkanes) is 4. The molecular formula is C21H29NO. The molecule has 0 aliphatic heterocycles. The van der Waals surface area contributed by atoms with Crippen LogP contribution >= 0.6 is 0 Å². The van der Waals surface area contributed by atoms with E-state index in [1.165, 1.54) is 31.2 Å². The van der Waals surface area contributed by atoms with E-state index in [4.69, 9.17) is 4.74 Å². The Morgan fingerprint density at radius 2 is 1.70 bits per heavy atom. The van der Waals surface area contributed by atoms with Crippen LogP contribution in [0, 0.1) is 0 Å². The minimum Gasteiger partial charge on any atom is -0.494 e. The molecule has 2 nitrogen and oxygen atoms in total. The zero-order chi connectivity index (χ0) is 16.2. The fourth-order valence-corrected chi connectivity index (χ4v) is 2.59. The third-order valence-electron chi connectivity index (χ3n) is 3.94. The Bertz CT molecular complexity index is 539. The van der Waals surface area contributed by atoms with E-state index >= 15 is 0 Å². The Kier molecular flexibility index (Phi) is 8.10. The van der Waals surface area contributed by atoms with Gasteiger partial charge in [0.15, 0.2) is 0 Å². The summed E-state index contributed by atoms with van der Waals surface area (Å²) in [5.41, 5.74) is 2.49. The van der Waals surface area contributed by atoms with E-state index in [1.807, 2.05) is 6.07 Å². The fraction of sp³-hybridized carbons (Fsp3) is 0.429. The van der Waals surface area contributed by atoms with Crippen molar-refractivity contribution in [2.24, 2.45) is 0 Å². The van der Waals surface area contributed by atoms with Crippen LogP contribution in [-0.2, 0) is 6.42 Å². The van der Waals surface area contributed by atoms with Gasteiger partial charge in [0, 0.05) is 18.3 Å². The molecule has 0 radical (unpaired) electrons. The standard InChI is InChI=1S/C21H29NO/c1-2-3-4-5-9-17-23-21-14-10-13-20(18-21)22-16-15-19-11-7-6-8-12-19/h6-8,10-14,18,22H,2-5,9,15-17H2,1H3. The molecule has 0 saturated heterocycles. The summed E-state index contributed by atoms with van der Waals surface area (Å²) in [4.78, 5) is 0. The maximum absolute atomic E-state index is 5.85. The van der Waals surface area contributed by atoms with Gasteiger partial charge >= 0.3 is 0 Å². The van der Waals surface area contributed by atoms with Gasteiger partial charge < -0.3 is 10.1 Å². The normalized spacial score (nSPS) is 10.5. The molecule has 0 aromatic heterocycles. The van der Waals surface area contributed by atoms with Crippen LogP contribution in [0.25, 0.3) is 0 Å². The number of anilines is 1. The first kappa shape index (κ1) is 17.4. The quantitative estimate of drug-likeness (QED) is 0.538. The lowest BCUT2D eigenvalue weighted by Crippen LogP contribution is -2.05. The summed E-state index contributed by atoms with van der Waals surface area (Å²) in [7, 11) is 0. The number of hydrogen-bond acceptors (Lipinski definition) is 2. The van der Waals surface area contributed by atoms with Crippen molar-refractivity contribution < 1.29 is 4.74 Å². The van der Waals surface area contributed by atoms with Gasteiger partial charge in [-0.2, -0.15) is 0 Å². The van der Waals surface area contributed by atoms with E-state index in [0.29, 0.717) is 0 Å². The number of benzene rings is 2. The minimum atomic E-state index is 0.817. The molecule has 2 heteroatoms. The van der Waals surface area contributed by atoms with Crippen LogP contribution in [0.2, 0.25) is 0 Å². The lowest BCUT2D eigenvalue weighted by atomic mass is 10.1. The molecule has 0 aliphatic carbocycles. The molecule has 124 valence electrons. The van der Waals surface area contributed by atoms with Gasteiger partial charge in [-0.15, -0.1) is 0 Å². The van der Waals surface area contributed by atoms with Crippen molar-refractivity contribution in [2.45, 2.75) is 45.4 Å². The van der Waals surface area contributed by atoms with Gasteiger partial charge in [-0.25, -0.2) is 0 Å². The average molecular weight is 311 g/mol. The van der Waals surface area contributed by atoms with Crippen LogP contribution in [-0.4, -0.2) is 13.2 Å². The van der Waals surface area contributed by atoms with Crippen LogP contribution in [0.1, 0.15) is 44.6 Å². The summed E-state index contributed by atoms with van der Waals surface area (Å²) >= 11 is 0. The molecule has 2 rings (SSSR count). The van der Waals surface area contributed by atoms with Gasteiger partial charge in [0.05, 0.1) is 6.61 Å². The minimum absolute atomic E-state index is 0.817. The van der Waals surface area contributed by atoms with Gasteiger partial charge in [0.25, 0.3) is 0 Å². The first-order valence-electron chi connectivity index (χ1n) is 8.89. The van der Waals surface area contributed by atoms with Gasteiger partial charge in [0.1, 0.15) is 5.75 Å². The van der Waals surface area contributed by atoms with Crippen LogP contribution in [0.4, 0.5) is 5.69 Å². The van der Waals surface area contributed by atoms with E-state index in [2.05, 4.69) is 60.8 Å². The van der Waals surface area contributed by atoms with Crippen LogP contribution in [0.5, 0.6) is 5.75 Å². The first-order valence-corrected chi connectivity index (χ1v) is 8.89. The number of hydrogen-bond donors (Lipinski definition) is 1. The Morgan fingerprint density at radius 1 is 0.870 bits per heavy atom. The molecule has 1 N–H and O–H groups in total. The zero-order valence-corrected chi connectivity index (χ0v) is 14.3. The highest BCUT2D eigenvalue weighted by Crippen LogP contribution is 2.18. The Labute approximate surface area is 140 Å². The molecule has 0 bridgehead atoms. The summed E-state index contributed by atoms with van der Waals surface area (Å²) in [6, 6.07) is 18.8. The molecule has 0 saturated carbocycles. The van der Waals surface area contributed by atoms with Crippen molar-refractivity contribution in [3.63, 3.8) is 0 Å². The molecule has 0 aliphatic rings. The monoisotopic (exact) mass is 311 g/mol. The molecule has 0 unspecified atom stereocenters. The molecule has 2 aromatic carbocycles. The van der Waals surface area contributed by atoms with Crippen molar-refractivity contribution in [3.05, 3.63) is 60.2 Å². The largest absolute Gasteiger partial charge is 0.494 e. The molecular weight excluding hydrogens is 282 g/mol. The van der Waals surface area contributed by atoms with Crippen molar-refractivity contribution >= 4 is 5.69 Å². The molecule has 0 fully saturated rings. The molecule has 0 atom stereocenters. The SMILES string of the molecule is CCCCCCCOc1cccc(NCCc2ccccc2)c1. The number of rotatable bonds is 11. The Balaban J connectivity index is 1.67. The first-order chi connectivity index (χ1) is 11.4. The van der Waals surface area contributed by atoms with Crippen molar-refractivity contribution in [2.75, 3.05) is 18.5 Å². The second-order valence-electron chi connectivity index (χ2n) is 5.95. The topological polar surface area (TPSA) is 21.3 Å². The summed E-state index contributed by atoms with van der Waals surface area (Å²) < 4.78 is 5.85. The number of nitrogens with one attached hydrogen (secondary N) is 1. The summed E-state index contributed by atoms with van der Waals surface area (Å²) in [6.07, 6.45) is 7.39. The Hall–Kier alpha value is -1.96. The van der Waals surface area contributed by atoms with E-state index in [-0.39, 0.29) is 0 Å². The molecule has 2 aromatic rings. The van der Waals surface area contributed by atoms with Gasteiger partial charge in [0.2, 0.25) is 0 Å². The fourth-order valence-electron chi connectivity index (χ4n) is 2.59. The highest BCUT2D eigenvalue weighted by atomic mass is 16.5. The van der Waals surface area contributed by atoms with Gasteiger partial charge in [-0.1, -0.05) is 69.0 Å². The highest BCUT2D eigenvalue weighted by molar-refractivity contribution is 5.48. The van der Waals surface area contributed by atoms with Gasteiger partial charge in [-0.3, -0.25) is 0 Å². The third-order valence-corrected chi connectivity index (χ3v) is 3.94. The van der Waals surface area contributed by atoms with E-state index in [9.17, 15) is 0 Å². The van der Waals surface area contributed by atoms with E-state index < -0.39 is 0 Å². The maximum atomic E-state index is 5.85. The smallest absolute Gasteiger partial charge is 0.121 e. The average Bonchev–Trinajstić information content (AvgIpc) is 2.59. The molecule has 0 spiro atoms. The highest BCUT2D eigenvalue weighted by Gasteiger charge is 1.98. The molecule has 0 amide bonds. The predicted molar refractivity (Wildman–Crippen MR) is 99.3 cm³/mol. The predicted octanol–water partition coefficient (Wildman–Crippen LogP) is 5.69. The molecule has 23 heavy (non-hydrogen) atoms. The molecule has 0 heterocycles. The second kappa shape index (κ2) is 10.7. The maximum Gasteiger partial charge on any atom is 0.121 e. The van der Waals surface area contributed by atoms with E-state index in [0.717, 1.165) is 37.4 Å². The Morgan fingerprint density at radius 3 is 2.52 bits per heavy atom. The van der Waals surface area contributed by atoms with E-state index in [1.54, 1.807) is 0 Å².